The molecule has 13 nitrogen and oxygen atoms in total. The lowest BCUT2D eigenvalue weighted by atomic mass is 10.0. The van der Waals surface area contributed by atoms with Crippen LogP contribution in [0.15, 0.2) is 29.3 Å². The molecule has 2 aliphatic rings. The van der Waals surface area contributed by atoms with Gasteiger partial charge in [0.15, 0.2) is 5.78 Å². The van der Waals surface area contributed by atoms with Gasteiger partial charge in [0.2, 0.25) is 5.95 Å². The van der Waals surface area contributed by atoms with Crippen LogP contribution >= 0.6 is 0 Å². The van der Waals surface area contributed by atoms with Gasteiger partial charge < -0.3 is 25.0 Å². The number of hydrogen-bond acceptors (Lipinski definition) is 11. The fourth-order valence-electron chi connectivity index (χ4n) is 6.14. The van der Waals surface area contributed by atoms with Gasteiger partial charge in [0.1, 0.15) is 17.1 Å². The first-order chi connectivity index (χ1) is 22.0. The van der Waals surface area contributed by atoms with Crippen LogP contribution in [-0.4, -0.2) is 94.4 Å². The molecule has 1 amide bonds. The van der Waals surface area contributed by atoms with E-state index in [0.29, 0.717) is 48.1 Å². The second-order valence-corrected chi connectivity index (χ2v) is 13.0. The van der Waals surface area contributed by atoms with E-state index >= 15 is 0 Å². The van der Waals surface area contributed by atoms with Crippen LogP contribution in [0.4, 0.5) is 22.2 Å². The van der Waals surface area contributed by atoms with Crippen molar-refractivity contribution in [3.8, 4) is 0 Å². The van der Waals surface area contributed by atoms with Crippen LogP contribution in [0.25, 0.3) is 11.0 Å². The Hall–Kier alpha value is -4.10. The number of amides is 1. The molecule has 3 aromatic heterocycles. The number of fused-ring (bicyclic) bond motifs is 1. The van der Waals surface area contributed by atoms with Gasteiger partial charge in [0.25, 0.3) is 5.56 Å². The van der Waals surface area contributed by atoms with E-state index < -0.39 is 11.7 Å². The SMILES string of the molecule is CC(=O)c1c(C)c2cnc(Nc3ccc(N4CCN(CCOCCNC(=O)OC(C)(C)C)CC4)cn3)nc2n(C2CCCC2)c1=O. The van der Waals surface area contributed by atoms with Gasteiger partial charge >= 0.3 is 6.09 Å². The number of ether oxygens (including phenoxy) is 2. The maximum absolute atomic E-state index is 13.5. The first-order valence-electron chi connectivity index (χ1n) is 16.2. The lowest BCUT2D eigenvalue weighted by Gasteiger charge is -2.35. The standard InChI is InChI=1S/C33H46N8O5/c1-22-26-21-36-31(38-29(26)41(24-8-6-7-9-24)30(43)28(22)23(2)42)37-27-11-10-25(20-35-27)40-15-13-39(14-16-40)17-19-45-18-12-34-32(44)46-33(3,4)5/h10-11,20-21,24H,6-9,12-19H2,1-5H3,(H,34,44)(H,35,36,37,38). The number of pyridine rings is 2. The number of hydrogen-bond donors (Lipinski definition) is 2. The molecule has 0 spiro atoms. The molecule has 1 aliphatic heterocycles. The van der Waals surface area contributed by atoms with Crippen LogP contribution in [0.5, 0.6) is 0 Å². The molecule has 3 aromatic rings. The number of piperazine rings is 1. The second-order valence-electron chi connectivity index (χ2n) is 13.0. The Balaban J connectivity index is 1.13. The van der Waals surface area contributed by atoms with Gasteiger partial charge in [-0.3, -0.25) is 19.1 Å². The van der Waals surface area contributed by atoms with E-state index in [-0.39, 0.29) is 22.9 Å². The highest BCUT2D eigenvalue weighted by Gasteiger charge is 2.26. The Bertz CT molecular complexity index is 1590. The first-order valence-corrected chi connectivity index (χ1v) is 16.2. The highest BCUT2D eigenvalue weighted by atomic mass is 16.6. The Morgan fingerprint density at radius 2 is 1.76 bits per heavy atom. The van der Waals surface area contributed by atoms with E-state index in [2.05, 4.69) is 30.4 Å². The van der Waals surface area contributed by atoms with Crippen molar-refractivity contribution in [1.29, 1.82) is 0 Å². The summed E-state index contributed by atoms with van der Waals surface area (Å²) in [4.78, 5) is 56.1. The number of aromatic nitrogens is 4. The maximum Gasteiger partial charge on any atom is 0.407 e. The largest absolute Gasteiger partial charge is 0.444 e. The fraction of sp³-hybridized carbons (Fsp3) is 0.576. The van der Waals surface area contributed by atoms with Crippen molar-refractivity contribution < 1.29 is 19.1 Å². The molecule has 2 fully saturated rings. The summed E-state index contributed by atoms with van der Waals surface area (Å²) in [6.07, 6.45) is 6.99. The van der Waals surface area contributed by atoms with Gasteiger partial charge in [-0.15, -0.1) is 0 Å². The third-order valence-electron chi connectivity index (χ3n) is 8.44. The van der Waals surface area contributed by atoms with Crippen molar-refractivity contribution in [1.82, 2.24) is 29.7 Å². The Morgan fingerprint density at radius 3 is 2.41 bits per heavy atom. The van der Waals surface area contributed by atoms with E-state index in [1.165, 1.54) is 6.92 Å². The quantitative estimate of drug-likeness (QED) is 0.231. The minimum Gasteiger partial charge on any atom is -0.444 e. The molecular weight excluding hydrogens is 588 g/mol. The van der Waals surface area contributed by atoms with Crippen LogP contribution in [0.3, 0.4) is 0 Å². The number of rotatable bonds is 11. The highest BCUT2D eigenvalue weighted by Crippen LogP contribution is 2.32. The first kappa shape index (κ1) is 33.3. The number of aryl methyl sites for hydroxylation is 1. The van der Waals surface area contributed by atoms with Gasteiger partial charge in [0.05, 0.1) is 30.7 Å². The molecule has 0 atom stereocenters. The number of alkyl carbamates (subject to hydrolysis) is 1. The molecule has 0 bridgehead atoms. The van der Waals surface area contributed by atoms with Crippen LogP contribution < -0.4 is 21.1 Å². The molecule has 248 valence electrons. The summed E-state index contributed by atoms with van der Waals surface area (Å²) in [5.74, 6) is 0.719. The Morgan fingerprint density at radius 1 is 1.02 bits per heavy atom. The second kappa shape index (κ2) is 14.5. The predicted octanol–water partition coefficient (Wildman–Crippen LogP) is 4.22. The van der Waals surface area contributed by atoms with Crippen LogP contribution in [0.1, 0.15) is 75.3 Å². The molecule has 2 N–H and O–H groups in total. The van der Waals surface area contributed by atoms with Gasteiger partial charge in [0, 0.05) is 56.9 Å². The van der Waals surface area contributed by atoms with Crippen molar-refractivity contribution >= 4 is 40.4 Å². The molecule has 1 saturated carbocycles. The normalized spacial score (nSPS) is 16.2. The Labute approximate surface area is 269 Å². The van der Waals surface area contributed by atoms with Crippen molar-refractivity contribution in [2.75, 3.05) is 62.7 Å². The van der Waals surface area contributed by atoms with Crippen LogP contribution in [0.2, 0.25) is 0 Å². The van der Waals surface area contributed by atoms with E-state index in [1.54, 1.807) is 17.7 Å². The third-order valence-corrected chi connectivity index (χ3v) is 8.44. The van der Waals surface area contributed by atoms with Crippen LogP contribution in [-0.2, 0) is 9.47 Å². The average molecular weight is 635 g/mol. The molecule has 1 aliphatic carbocycles. The molecule has 13 heteroatoms. The lowest BCUT2D eigenvalue weighted by Crippen LogP contribution is -2.47. The van der Waals surface area contributed by atoms with Gasteiger partial charge in [-0.05, 0) is 65.2 Å². The summed E-state index contributed by atoms with van der Waals surface area (Å²) in [5.41, 5.74) is 1.65. The molecule has 5 rings (SSSR count). The van der Waals surface area contributed by atoms with E-state index in [0.717, 1.165) is 64.1 Å². The summed E-state index contributed by atoms with van der Waals surface area (Å²) in [6, 6.07) is 3.96. The highest BCUT2D eigenvalue weighted by molar-refractivity contribution is 5.99. The van der Waals surface area contributed by atoms with Gasteiger partial charge in [-0.1, -0.05) is 12.8 Å². The Kier molecular flexibility index (Phi) is 10.5. The minimum atomic E-state index is -0.513. The van der Waals surface area contributed by atoms with E-state index in [1.807, 2.05) is 39.1 Å². The summed E-state index contributed by atoms with van der Waals surface area (Å²) < 4.78 is 12.6. The zero-order chi connectivity index (χ0) is 32.8. The van der Waals surface area contributed by atoms with Gasteiger partial charge in [-0.2, -0.15) is 4.98 Å². The number of carbonyl (C=O) groups is 2. The monoisotopic (exact) mass is 634 g/mol. The summed E-state index contributed by atoms with van der Waals surface area (Å²) >= 11 is 0. The molecule has 0 radical (unpaired) electrons. The topological polar surface area (TPSA) is 144 Å². The molecule has 4 heterocycles. The van der Waals surface area contributed by atoms with E-state index in [4.69, 9.17) is 14.5 Å². The molecular formula is C33H46N8O5. The number of nitrogens with zero attached hydrogens (tertiary/aromatic N) is 6. The smallest absolute Gasteiger partial charge is 0.407 e. The molecule has 0 aromatic carbocycles. The summed E-state index contributed by atoms with van der Waals surface area (Å²) in [6.45, 7) is 14.6. The maximum atomic E-state index is 13.5. The number of carbonyl (C=O) groups excluding carboxylic acids is 2. The van der Waals surface area contributed by atoms with Gasteiger partial charge in [-0.25, -0.2) is 14.8 Å². The average Bonchev–Trinajstić information content (AvgIpc) is 3.53. The van der Waals surface area contributed by atoms with Crippen LogP contribution in [0, 0.1) is 6.92 Å². The van der Waals surface area contributed by atoms with Crippen molar-refractivity contribution in [2.24, 2.45) is 0 Å². The number of ketones is 1. The fourth-order valence-corrected chi connectivity index (χ4v) is 6.14. The zero-order valence-electron chi connectivity index (χ0n) is 27.6. The molecule has 46 heavy (non-hydrogen) atoms. The number of nitrogens with one attached hydrogen (secondary N) is 2. The van der Waals surface area contributed by atoms with E-state index in [9.17, 15) is 14.4 Å². The number of Topliss-reactive ketones (excluding diaryl/α,β-unsaturated/α-hetero) is 1. The third kappa shape index (κ3) is 8.18. The molecule has 0 unspecified atom stereocenters. The summed E-state index contributed by atoms with van der Waals surface area (Å²) in [5, 5.41) is 6.61. The summed E-state index contributed by atoms with van der Waals surface area (Å²) in [7, 11) is 0. The number of anilines is 3. The molecule has 1 saturated heterocycles. The van der Waals surface area contributed by atoms with Crippen molar-refractivity contribution in [3.63, 3.8) is 0 Å². The van der Waals surface area contributed by atoms with Crippen molar-refractivity contribution in [3.05, 3.63) is 46.0 Å². The minimum absolute atomic E-state index is 0.0231. The predicted molar refractivity (Wildman–Crippen MR) is 177 cm³/mol. The zero-order valence-corrected chi connectivity index (χ0v) is 27.6. The van der Waals surface area contributed by atoms with Crippen molar-refractivity contribution in [2.45, 2.75) is 71.9 Å². The lowest BCUT2D eigenvalue weighted by molar-refractivity contribution is 0.0490.